The van der Waals surface area contributed by atoms with E-state index >= 15 is 0 Å². The van der Waals surface area contributed by atoms with Gasteiger partial charge in [0.2, 0.25) is 0 Å². The molecule has 0 saturated carbocycles. The molecule has 2 aliphatic rings. The van der Waals surface area contributed by atoms with Crippen LogP contribution in [0.25, 0.3) is 0 Å². The van der Waals surface area contributed by atoms with Crippen LogP contribution in [-0.2, 0) is 6.42 Å². The Morgan fingerprint density at radius 2 is 1.91 bits per heavy atom. The van der Waals surface area contributed by atoms with Crippen molar-refractivity contribution in [1.82, 2.24) is 0 Å². The molecule has 22 heavy (non-hydrogen) atoms. The van der Waals surface area contributed by atoms with Gasteiger partial charge >= 0.3 is 6.18 Å². The highest BCUT2D eigenvalue weighted by atomic mass is 19.4. The van der Waals surface area contributed by atoms with Gasteiger partial charge in [0, 0.05) is 6.42 Å². The van der Waals surface area contributed by atoms with Gasteiger partial charge in [-0.2, -0.15) is 13.2 Å². The van der Waals surface area contributed by atoms with Crippen LogP contribution in [0, 0.1) is 0 Å². The van der Waals surface area contributed by atoms with Crippen LogP contribution in [0.1, 0.15) is 5.56 Å². The van der Waals surface area contributed by atoms with Crippen LogP contribution in [0.15, 0.2) is 44.2 Å². The SMILES string of the molecule is COc1ccc(CC2(C(F)(F)F)N=CC3=NC=NC3=N2)cc1. The summed E-state index contributed by atoms with van der Waals surface area (Å²) in [4.78, 5) is 14.9. The Hall–Kier alpha value is -2.51. The Morgan fingerprint density at radius 1 is 1.18 bits per heavy atom. The number of alkyl halides is 3. The molecule has 114 valence electrons. The van der Waals surface area contributed by atoms with Crippen molar-refractivity contribution in [3.05, 3.63) is 29.8 Å². The number of methoxy groups -OCH3 is 1. The fraction of sp³-hybridized carbons (Fsp3) is 0.286. The second kappa shape index (κ2) is 5.04. The van der Waals surface area contributed by atoms with Crippen molar-refractivity contribution in [3.63, 3.8) is 0 Å². The van der Waals surface area contributed by atoms with Gasteiger partial charge in [-0.1, -0.05) is 12.1 Å². The first-order valence-corrected chi connectivity index (χ1v) is 6.39. The molecule has 1 atom stereocenters. The van der Waals surface area contributed by atoms with E-state index in [4.69, 9.17) is 4.74 Å². The summed E-state index contributed by atoms with van der Waals surface area (Å²) in [5.41, 5.74) is -1.88. The van der Waals surface area contributed by atoms with Gasteiger partial charge in [0.05, 0.1) is 13.3 Å². The van der Waals surface area contributed by atoms with Gasteiger partial charge in [0.25, 0.3) is 5.66 Å². The Labute approximate surface area is 124 Å². The Kier molecular flexibility index (Phi) is 3.31. The van der Waals surface area contributed by atoms with Crippen molar-refractivity contribution in [2.45, 2.75) is 18.3 Å². The third-order valence-corrected chi connectivity index (χ3v) is 3.36. The van der Waals surface area contributed by atoms with E-state index in [0.29, 0.717) is 11.3 Å². The summed E-state index contributed by atoms with van der Waals surface area (Å²) in [5.74, 6) is 0.527. The van der Waals surface area contributed by atoms with Gasteiger partial charge < -0.3 is 4.74 Å². The minimum Gasteiger partial charge on any atom is -0.497 e. The van der Waals surface area contributed by atoms with Crippen molar-refractivity contribution < 1.29 is 17.9 Å². The third-order valence-electron chi connectivity index (χ3n) is 3.36. The molecule has 8 heteroatoms. The molecule has 0 bridgehead atoms. The van der Waals surface area contributed by atoms with Gasteiger partial charge in [-0.25, -0.2) is 15.0 Å². The van der Waals surface area contributed by atoms with Gasteiger partial charge in [-0.15, -0.1) is 0 Å². The first-order valence-electron chi connectivity index (χ1n) is 6.39. The summed E-state index contributed by atoms with van der Waals surface area (Å²) in [7, 11) is 1.49. The summed E-state index contributed by atoms with van der Waals surface area (Å²) in [6, 6.07) is 6.31. The lowest BCUT2D eigenvalue weighted by Crippen LogP contribution is -2.47. The van der Waals surface area contributed by atoms with Crippen LogP contribution in [0.2, 0.25) is 0 Å². The second-order valence-corrected chi connectivity index (χ2v) is 4.79. The molecule has 0 aromatic heterocycles. The molecule has 5 nitrogen and oxygen atoms in total. The van der Waals surface area contributed by atoms with Crippen molar-refractivity contribution in [3.8, 4) is 5.75 Å². The van der Waals surface area contributed by atoms with E-state index in [2.05, 4.69) is 20.0 Å². The number of hydrogen-bond donors (Lipinski definition) is 0. The summed E-state index contributed by atoms with van der Waals surface area (Å²) < 4.78 is 45.6. The second-order valence-electron chi connectivity index (χ2n) is 4.79. The summed E-state index contributed by atoms with van der Waals surface area (Å²) in [5, 5.41) is 0. The van der Waals surface area contributed by atoms with E-state index in [-0.39, 0.29) is 11.5 Å². The van der Waals surface area contributed by atoms with Crippen LogP contribution in [0.4, 0.5) is 13.2 Å². The van der Waals surface area contributed by atoms with E-state index in [1.54, 1.807) is 24.3 Å². The lowest BCUT2D eigenvalue weighted by molar-refractivity contribution is -0.182. The molecule has 0 aliphatic carbocycles. The van der Waals surface area contributed by atoms with Crippen LogP contribution < -0.4 is 4.74 Å². The summed E-state index contributed by atoms with van der Waals surface area (Å²) in [6.45, 7) is 0. The zero-order valence-corrected chi connectivity index (χ0v) is 11.5. The number of rotatable bonds is 3. The van der Waals surface area contributed by atoms with E-state index in [1.165, 1.54) is 13.4 Å². The van der Waals surface area contributed by atoms with E-state index < -0.39 is 18.3 Å². The zero-order valence-electron chi connectivity index (χ0n) is 11.5. The first kappa shape index (κ1) is 14.4. The average molecular weight is 308 g/mol. The molecule has 0 N–H and O–H groups in total. The third kappa shape index (κ3) is 2.40. The largest absolute Gasteiger partial charge is 0.497 e. The molecular weight excluding hydrogens is 297 g/mol. The Bertz CT molecular complexity index is 704. The maximum absolute atomic E-state index is 13.5. The molecule has 2 heterocycles. The normalized spacial score (nSPS) is 23.1. The van der Waals surface area contributed by atoms with E-state index in [1.807, 2.05) is 0 Å². The minimum atomic E-state index is -4.64. The lowest BCUT2D eigenvalue weighted by atomic mass is 9.98. The number of aliphatic imine (C=N–C) groups is 4. The van der Waals surface area contributed by atoms with Crippen molar-refractivity contribution in [1.29, 1.82) is 0 Å². The highest BCUT2D eigenvalue weighted by Gasteiger charge is 2.56. The molecule has 1 aromatic rings. The smallest absolute Gasteiger partial charge is 0.434 e. The van der Waals surface area contributed by atoms with E-state index in [0.717, 1.165) is 6.21 Å². The van der Waals surface area contributed by atoms with Crippen LogP contribution >= 0.6 is 0 Å². The average Bonchev–Trinajstić information content (AvgIpc) is 2.94. The fourth-order valence-corrected chi connectivity index (χ4v) is 2.17. The Balaban J connectivity index is 1.97. The minimum absolute atomic E-state index is 0.0409. The van der Waals surface area contributed by atoms with Gasteiger partial charge in [-0.05, 0) is 17.7 Å². The van der Waals surface area contributed by atoms with Crippen molar-refractivity contribution in [2.75, 3.05) is 7.11 Å². The molecule has 1 aromatic carbocycles. The Morgan fingerprint density at radius 3 is 2.55 bits per heavy atom. The molecule has 0 radical (unpaired) electrons. The molecule has 3 rings (SSSR count). The first-order chi connectivity index (χ1) is 10.4. The van der Waals surface area contributed by atoms with Gasteiger partial charge in [0.15, 0.2) is 5.84 Å². The van der Waals surface area contributed by atoms with Crippen LogP contribution in [0.3, 0.4) is 0 Å². The maximum Gasteiger partial charge on any atom is 0.434 e. The van der Waals surface area contributed by atoms with Crippen LogP contribution in [-0.4, -0.2) is 43.0 Å². The number of hydrogen-bond acceptors (Lipinski definition) is 5. The number of nitrogens with zero attached hydrogens (tertiary/aromatic N) is 4. The van der Waals surface area contributed by atoms with Gasteiger partial charge in [-0.3, -0.25) is 4.99 Å². The molecule has 0 fully saturated rings. The topological polar surface area (TPSA) is 58.7 Å². The standard InChI is InChI=1S/C14H11F3N4O/c1-22-10-4-2-9(3-5-10)6-13(14(15,16)17)20-7-11-12(21-13)19-8-18-11/h2-5,7-8H,6H2,1H3. The summed E-state index contributed by atoms with van der Waals surface area (Å²) >= 11 is 0. The fourth-order valence-electron chi connectivity index (χ4n) is 2.17. The molecule has 0 saturated heterocycles. The molecule has 0 spiro atoms. The summed E-state index contributed by atoms with van der Waals surface area (Å²) in [6.07, 6.45) is -2.81. The highest BCUT2D eigenvalue weighted by Crippen LogP contribution is 2.39. The molecule has 0 amide bonds. The van der Waals surface area contributed by atoms with E-state index in [9.17, 15) is 13.2 Å². The zero-order chi connectivity index (χ0) is 15.8. The monoisotopic (exact) mass is 308 g/mol. The number of benzene rings is 1. The predicted molar refractivity (Wildman–Crippen MR) is 77.3 cm³/mol. The number of amidine groups is 1. The highest BCUT2D eigenvalue weighted by molar-refractivity contribution is 6.65. The molecular formula is C14H11F3N4O. The predicted octanol–water partition coefficient (Wildman–Crippen LogP) is 2.46. The molecule has 2 aliphatic heterocycles. The van der Waals surface area contributed by atoms with Gasteiger partial charge in [0.1, 0.15) is 17.8 Å². The van der Waals surface area contributed by atoms with Crippen LogP contribution in [0.5, 0.6) is 5.75 Å². The quantitative estimate of drug-likeness (QED) is 0.846. The number of ether oxygens (including phenoxy) is 1. The van der Waals surface area contributed by atoms with Crippen molar-refractivity contribution in [2.24, 2.45) is 20.0 Å². The lowest BCUT2D eigenvalue weighted by Gasteiger charge is -2.30. The number of fused-ring (bicyclic) bond motifs is 1. The molecule has 1 unspecified atom stereocenters. The number of halogens is 3. The maximum atomic E-state index is 13.5. The van der Waals surface area contributed by atoms with Crippen molar-refractivity contribution >= 4 is 24.1 Å².